The predicted octanol–water partition coefficient (Wildman–Crippen LogP) is 2.27. The van der Waals surface area contributed by atoms with Gasteiger partial charge in [-0.15, -0.1) is 0 Å². The van der Waals surface area contributed by atoms with Crippen molar-refractivity contribution in [3.63, 3.8) is 0 Å². The summed E-state index contributed by atoms with van der Waals surface area (Å²) in [4.78, 5) is 14.2. The van der Waals surface area contributed by atoms with Crippen LogP contribution in [0.5, 0.6) is 0 Å². The fourth-order valence-corrected chi connectivity index (χ4v) is 3.99. The van der Waals surface area contributed by atoms with Gasteiger partial charge in [0.25, 0.3) is 0 Å². The molecule has 0 saturated carbocycles. The van der Waals surface area contributed by atoms with Crippen molar-refractivity contribution in [2.75, 3.05) is 52.5 Å². The molecule has 0 radical (unpaired) electrons. The number of halogens is 3. The zero-order valence-electron chi connectivity index (χ0n) is 15.9. The van der Waals surface area contributed by atoms with Crippen LogP contribution in [0.4, 0.5) is 13.2 Å². The van der Waals surface area contributed by atoms with Crippen LogP contribution in [-0.2, 0) is 9.53 Å². The molecule has 152 valence electrons. The van der Waals surface area contributed by atoms with E-state index in [9.17, 15) is 18.0 Å². The van der Waals surface area contributed by atoms with Crippen molar-refractivity contribution in [1.82, 2.24) is 15.1 Å². The standard InChI is InChI=1S/C18H32F3N3O2/c1-3-16-4-6-23(7-5-16)8-10-26-11-9-24(18(19,20)21)17(12-15(2)25)13-22-14-17/h16,22H,3-14H2,1-2H3. The summed E-state index contributed by atoms with van der Waals surface area (Å²) in [6.45, 7) is 6.99. The molecule has 2 rings (SSSR count). The normalized spacial score (nSPS) is 21.8. The third-order valence-electron chi connectivity index (χ3n) is 5.66. The third-order valence-corrected chi connectivity index (χ3v) is 5.66. The number of Topliss-reactive ketones (excluding diaryl/α,β-unsaturated/α-hetero) is 1. The number of rotatable bonds is 10. The number of nitrogens with one attached hydrogen (secondary N) is 1. The van der Waals surface area contributed by atoms with Crippen LogP contribution in [0, 0.1) is 5.92 Å². The van der Waals surface area contributed by atoms with E-state index in [2.05, 4.69) is 17.1 Å². The Labute approximate surface area is 154 Å². The fourth-order valence-electron chi connectivity index (χ4n) is 3.99. The summed E-state index contributed by atoms with van der Waals surface area (Å²) in [5, 5.41) is 2.87. The van der Waals surface area contributed by atoms with E-state index in [1.165, 1.54) is 26.2 Å². The molecule has 0 aromatic carbocycles. The zero-order chi connectivity index (χ0) is 19.2. The van der Waals surface area contributed by atoms with Gasteiger partial charge in [-0.05, 0) is 38.8 Å². The van der Waals surface area contributed by atoms with E-state index >= 15 is 0 Å². The molecule has 0 atom stereocenters. The van der Waals surface area contributed by atoms with E-state index in [-0.39, 0.29) is 38.4 Å². The monoisotopic (exact) mass is 379 g/mol. The Morgan fingerprint density at radius 1 is 1.27 bits per heavy atom. The number of alkyl halides is 3. The molecule has 2 fully saturated rings. The Balaban J connectivity index is 1.73. The van der Waals surface area contributed by atoms with Gasteiger partial charge in [0, 0.05) is 32.6 Å². The van der Waals surface area contributed by atoms with E-state index in [0.29, 0.717) is 11.5 Å². The van der Waals surface area contributed by atoms with Crippen LogP contribution in [-0.4, -0.2) is 79.9 Å². The van der Waals surface area contributed by atoms with Gasteiger partial charge in [-0.3, -0.25) is 4.79 Å². The lowest BCUT2D eigenvalue weighted by Crippen LogP contribution is -2.72. The van der Waals surface area contributed by atoms with E-state index < -0.39 is 11.8 Å². The van der Waals surface area contributed by atoms with Gasteiger partial charge in [-0.2, -0.15) is 13.2 Å². The minimum atomic E-state index is -4.47. The summed E-state index contributed by atoms with van der Waals surface area (Å²) in [6.07, 6.45) is -0.957. The molecule has 0 aromatic heterocycles. The smallest absolute Gasteiger partial charge is 0.379 e. The van der Waals surface area contributed by atoms with Gasteiger partial charge in [-0.1, -0.05) is 13.3 Å². The second-order valence-corrected chi connectivity index (χ2v) is 7.63. The van der Waals surface area contributed by atoms with Crippen LogP contribution in [0.2, 0.25) is 0 Å². The molecule has 2 saturated heterocycles. The molecule has 0 spiro atoms. The van der Waals surface area contributed by atoms with Gasteiger partial charge in [0.1, 0.15) is 5.78 Å². The van der Waals surface area contributed by atoms with Crippen LogP contribution < -0.4 is 5.32 Å². The number of hydrogen-bond donors (Lipinski definition) is 1. The molecule has 0 bridgehead atoms. The second kappa shape index (κ2) is 9.48. The number of piperidine rings is 1. The first kappa shape index (κ1) is 21.6. The lowest BCUT2D eigenvalue weighted by atomic mass is 9.85. The Hall–Kier alpha value is -0.700. The molecule has 2 aliphatic rings. The number of nitrogens with zero attached hydrogens (tertiary/aromatic N) is 2. The summed E-state index contributed by atoms with van der Waals surface area (Å²) >= 11 is 0. The van der Waals surface area contributed by atoms with Gasteiger partial charge in [0.2, 0.25) is 0 Å². The molecule has 1 N–H and O–H groups in total. The van der Waals surface area contributed by atoms with Crippen LogP contribution in [0.25, 0.3) is 0 Å². The second-order valence-electron chi connectivity index (χ2n) is 7.63. The summed E-state index contributed by atoms with van der Waals surface area (Å²) in [5.41, 5.74) is -1.16. The lowest BCUT2D eigenvalue weighted by Gasteiger charge is -2.50. The summed E-state index contributed by atoms with van der Waals surface area (Å²) < 4.78 is 45.9. The summed E-state index contributed by atoms with van der Waals surface area (Å²) in [7, 11) is 0. The minimum absolute atomic E-state index is 0.0184. The predicted molar refractivity (Wildman–Crippen MR) is 93.9 cm³/mol. The first-order valence-corrected chi connectivity index (χ1v) is 9.61. The van der Waals surface area contributed by atoms with E-state index in [1.807, 2.05) is 0 Å². The molecule has 0 unspecified atom stereocenters. The summed E-state index contributed by atoms with van der Waals surface area (Å²) in [6, 6.07) is 0. The first-order valence-electron chi connectivity index (χ1n) is 9.61. The molecule has 2 heterocycles. The molecular weight excluding hydrogens is 347 g/mol. The lowest BCUT2D eigenvalue weighted by molar-refractivity contribution is -0.285. The molecule has 5 nitrogen and oxygen atoms in total. The molecule has 26 heavy (non-hydrogen) atoms. The topological polar surface area (TPSA) is 44.8 Å². The van der Waals surface area contributed by atoms with Crippen LogP contribution in [0.3, 0.4) is 0 Å². The number of hydrogen-bond acceptors (Lipinski definition) is 5. The molecule has 8 heteroatoms. The minimum Gasteiger partial charge on any atom is -0.379 e. The number of ether oxygens (including phenoxy) is 1. The largest absolute Gasteiger partial charge is 0.460 e. The van der Waals surface area contributed by atoms with Crippen LogP contribution in [0.15, 0.2) is 0 Å². The highest BCUT2D eigenvalue weighted by molar-refractivity contribution is 5.77. The maximum Gasteiger partial charge on any atom is 0.460 e. The van der Waals surface area contributed by atoms with E-state index in [0.717, 1.165) is 25.6 Å². The number of carbonyl (C=O) groups excluding carboxylic acids is 1. The van der Waals surface area contributed by atoms with E-state index in [4.69, 9.17) is 4.74 Å². The van der Waals surface area contributed by atoms with Crippen molar-refractivity contribution in [1.29, 1.82) is 0 Å². The fraction of sp³-hybridized carbons (Fsp3) is 0.944. The van der Waals surface area contributed by atoms with Crippen molar-refractivity contribution in [3.8, 4) is 0 Å². The Kier molecular flexibility index (Phi) is 7.88. The SMILES string of the molecule is CCC1CCN(CCOCCN(C(F)(F)F)C2(CC(C)=O)CNC2)CC1. The van der Waals surface area contributed by atoms with Crippen molar-refractivity contribution in [2.24, 2.45) is 5.92 Å². The van der Waals surface area contributed by atoms with Gasteiger partial charge in [0.05, 0.1) is 18.8 Å². The molecular formula is C18H32F3N3O2. The van der Waals surface area contributed by atoms with Gasteiger partial charge in [0.15, 0.2) is 0 Å². The number of carbonyl (C=O) groups is 1. The quantitative estimate of drug-likeness (QED) is 0.466. The van der Waals surface area contributed by atoms with Gasteiger partial charge in [-0.25, -0.2) is 4.90 Å². The third kappa shape index (κ3) is 5.90. The van der Waals surface area contributed by atoms with Crippen molar-refractivity contribution >= 4 is 5.78 Å². The molecule has 0 aromatic rings. The first-order chi connectivity index (χ1) is 12.3. The Bertz CT molecular complexity index is 447. The average Bonchev–Trinajstić information content (AvgIpc) is 2.54. The van der Waals surface area contributed by atoms with Crippen molar-refractivity contribution in [3.05, 3.63) is 0 Å². The van der Waals surface area contributed by atoms with Crippen molar-refractivity contribution < 1.29 is 22.7 Å². The van der Waals surface area contributed by atoms with Crippen molar-refractivity contribution in [2.45, 2.75) is 51.4 Å². The molecule has 2 aliphatic heterocycles. The zero-order valence-corrected chi connectivity index (χ0v) is 15.9. The number of ketones is 1. The van der Waals surface area contributed by atoms with E-state index in [1.54, 1.807) is 0 Å². The molecule has 0 aliphatic carbocycles. The number of likely N-dealkylation sites (tertiary alicyclic amines) is 1. The summed E-state index contributed by atoms with van der Waals surface area (Å²) in [5.74, 6) is 0.582. The molecule has 0 amide bonds. The Morgan fingerprint density at radius 2 is 1.92 bits per heavy atom. The highest BCUT2D eigenvalue weighted by Gasteiger charge is 2.54. The highest BCUT2D eigenvalue weighted by atomic mass is 19.4. The maximum absolute atomic E-state index is 13.5. The average molecular weight is 379 g/mol. The highest BCUT2D eigenvalue weighted by Crippen LogP contribution is 2.34. The Morgan fingerprint density at radius 3 is 2.38 bits per heavy atom. The van der Waals surface area contributed by atoms with Crippen LogP contribution >= 0.6 is 0 Å². The van der Waals surface area contributed by atoms with Crippen LogP contribution in [0.1, 0.15) is 39.5 Å². The maximum atomic E-state index is 13.5. The van der Waals surface area contributed by atoms with Gasteiger partial charge >= 0.3 is 6.30 Å². The van der Waals surface area contributed by atoms with Gasteiger partial charge < -0.3 is 15.0 Å².